The fourth-order valence-corrected chi connectivity index (χ4v) is 1.93. The number of rotatable bonds is 16. The van der Waals surface area contributed by atoms with Crippen LogP contribution in [0.15, 0.2) is 0 Å². The van der Waals surface area contributed by atoms with E-state index in [1.165, 1.54) is 25.7 Å². The van der Waals surface area contributed by atoms with Crippen LogP contribution in [-0.2, 0) is 0 Å². The molecule has 4 nitrogen and oxygen atoms in total. The van der Waals surface area contributed by atoms with E-state index in [0.29, 0.717) is 0 Å². The third-order valence-electron chi connectivity index (χ3n) is 3.56. The van der Waals surface area contributed by atoms with Crippen LogP contribution >= 0.6 is 67.9 Å². The van der Waals surface area contributed by atoms with Crippen LogP contribution in [0, 0.1) is 5.92 Å². The maximum absolute atomic E-state index is 3.51. The summed E-state index contributed by atoms with van der Waals surface area (Å²) in [7, 11) is 0. The first-order chi connectivity index (χ1) is 9.81. The van der Waals surface area contributed by atoms with Crippen molar-refractivity contribution in [2.24, 2.45) is 5.92 Å². The minimum absolute atomic E-state index is 0. The summed E-state index contributed by atoms with van der Waals surface area (Å²) >= 11 is 0. The Morgan fingerprint density at radius 1 is 0.600 bits per heavy atom. The molecule has 0 heterocycles. The van der Waals surface area contributed by atoms with Crippen LogP contribution in [0.25, 0.3) is 0 Å². The smallest absolute Gasteiger partial charge is 0.00232 e. The van der Waals surface area contributed by atoms with Gasteiger partial charge in [-0.15, -0.1) is 67.9 Å². The van der Waals surface area contributed by atoms with Crippen LogP contribution in [-0.4, -0.2) is 52.4 Å². The number of nitrogens with one attached hydrogen (secondary N) is 4. The van der Waals surface area contributed by atoms with Crippen LogP contribution in [0.2, 0.25) is 0 Å². The van der Waals surface area contributed by atoms with E-state index in [9.17, 15) is 0 Å². The lowest BCUT2D eigenvalue weighted by Gasteiger charge is -2.10. The van der Waals surface area contributed by atoms with Gasteiger partial charge < -0.3 is 21.3 Å². The molecule has 0 saturated carbocycles. The zero-order valence-electron chi connectivity index (χ0n) is 15.7. The van der Waals surface area contributed by atoms with Gasteiger partial charge in [0.25, 0.3) is 0 Å². The van der Waals surface area contributed by atoms with Crippen molar-refractivity contribution in [1.29, 1.82) is 0 Å². The molecular formula is C17H46Br4N4. The summed E-state index contributed by atoms with van der Waals surface area (Å²) in [5, 5.41) is 13.8. The summed E-state index contributed by atoms with van der Waals surface area (Å²) < 4.78 is 0. The van der Waals surface area contributed by atoms with Gasteiger partial charge in [0, 0.05) is 0 Å². The average molecular weight is 626 g/mol. The Hall–Kier alpha value is 1.76. The van der Waals surface area contributed by atoms with E-state index in [0.717, 1.165) is 58.3 Å². The summed E-state index contributed by atoms with van der Waals surface area (Å²) in [6, 6.07) is 0. The molecule has 25 heavy (non-hydrogen) atoms. The summed E-state index contributed by atoms with van der Waals surface area (Å²) in [6.07, 6.45) is 4.95. The van der Waals surface area contributed by atoms with E-state index >= 15 is 0 Å². The summed E-state index contributed by atoms with van der Waals surface area (Å²) in [5.74, 6) is 0.807. The second-order valence-corrected chi connectivity index (χ2v) is 5.63. The molecule has 0 saturated heterocycles. The van der Waals surface area contributed by atoms with Crippen molar-refractivity contribution in [2.75, 3.05) is 52.4 Å². The van der Waals surface area contributed by atoms with Crippen LogP contribution in [0.3, 0.4) is 0 Å². The van der Waals surface area contributed by atoms with Crippen molar-refractivity contribution < 1.29 is 0 Å². The Balaban J connectivity index is -0.000000180. The van der Waals surface area contributed by atoms with Gasteiger partial charge in [-0.25, -0.2) is 0 Å². The standard InChI is InChI=1S/C16H38N4.CH4.4BrH/c1-4-16(3)15-20-14-8-13-19-12-7-11-18-10-6-9-17-5-2;;;;;/h16-20H,4-15H2,1-3H3;1H4;4*1H/t16-;;;;;/m1...../s1. The largest absolute Gasteiger partial charge is 0.317 e. The third kappa shape index (κ3) is 37.2. The number of halogens is 4. The molecule has 162 valence electrons. The average Bonchev–Trinajstić information content (AvgIpc) is 2.47. The molecule has 0 fully saturated rings. The molecule has 1 atom stereocenters. The van der Waals surface area contributed by atoms with Crippen LogP contribution in [0.1, 0.15) is 53.9 Å². The van der Waals surface area contributed by atoms with Crippen molar-refractivity contribution in [2.45, 2.75) is 53.9 Å². The van der Waals surface area contributed by atoms with E-state index in [2.05, 4.69) is 42.0 Å². The Kier molecular flexibility index (Phi) is 60.4. The summed E-state index contributed by atoms with van der Waals surface area (Å²) in [4.78, 5) is 0. The minimum atomic E-state index is 0. The van der Waals surface area contributed by atoms with Crippen LogP contribution in [0.5, 0.6) is 0 Å². The first-order valence-electron chi connectivity index (χ1n) is 8.64. The van der Waals surface area contributed by atoms with Crippen molar-refractivity contribution in [3.05, 3.63) is 0 Å². The van der Waals surface area contributed by atoms with Gasteiger partial charge in [0.15, 0.2) is 0 Å². The molecule has 0 rings (SSSR count). The highest BCUT2D eigenvalue weighted by molar-refractivity contribution is 8.93. The molecule has 4 N–H and O–H groups in total. The Morgan fingerprint density at radius 3 is 1.32 bits per heavy atom. The first kappa shape index (κ1) is 41.2. The van der Waals surface area contributed by atoms with E-state index < -0.39 is 0 Å². The molecule has 0 aliphatic rings. The summed E-state index contributed by atoms with van der Waals surface area (Å²) in [5.41, 5.74) is 0. The Morgan fingerprint density at radius 2 is 0.960 bits per heavy atom. The molecular weight excluding hydrogens is 580 g/mol. The van der Waals surface area contributed by atoms with Gasteiger partial charge in [-0.3, -0.25) is 0 Å². The van der Waals surface area contributed by atoms with E-state index in [-0.39, 0.29) is 75.4 Å². The van der Waals surface area contributed by atoms with E-state index in [4.69, 9.17) is 0 Å². The third-order valence-corrected chi connectivity index (χ3v) is 3.56. The fraction of sp³-hybridized carbons (Fsp3) is 1.00. The molecule has 0 bridgehead atoms. The highest BCUT2D eigenvalue weighted by Crippen LogP contribution is 1.96. The molecule has 0 aromatic carbocycles. The van der Waals surface area contributed by atoms with Gasteiger partial charge in [0.1, 0.15) is 0 Å². The Bertz CT molecular complexity index is 192. The van der Waals surface area contributed by atoms with Gasteiger partial charge in [-0.1, -0.05) is 34.6 Å². The molecule has 0 aliphatic carbocycles. The van der Waals surface area contributed by atoms with Gasteiger partial charge in [-0.2, -0.15) is 0 Å². The highest BCUT2D eigenvalue weighted by atomic mass is 79.9. The Labute approximate surface area is 200 Å². The molecule has 0 spiro atoms. The second-order valence-electron chi connectivity index (χ2n) is 5.63. The molecule has 0 aromatic rings. The zero-order valence-corrected chi connectivity index (χ0v) is 22.5. The summed E-state index contributed by atoms with van der Waals surface area (Å²) in [6.45, 7) is 15.7. The molecule has 0 aromatic heterocycles. The minimum Gasteiger partial charge on any atom is -0.317 e. The monoisotopic (exact) mass is 622 g/mol. The van der Waals surface area contributed by atoms with E-state index in [1.807, 2.05) is 0 Å². The van der Waals surface area contributed by atoms with Crippen molar-refractivity contribution in [3.63, 3.8) is 0 Å². The topological polar surface area (TPSA) is 48.1 Å². The maximum Gasteiger partial charge on any atom is -0.00232 e. The lowest BCUT2D eigenvalue weighted by Crippen LogP contribution is -2.27. The number of hydrogen-bond acceptors (Lipinski definition) is 4. The van der Waals surface area contributed by atoms with Gasteiger partial charge >= 0.3 is 0 Å². The zero-order chi connectivity index (χ0) is 14.9. The molecule has 8 heteroatoms. The highest BCUT2D eigenvalue weighted by Gasteiger charge is 1.96. The predicted molar refractivity (Wildman–Crippen MR) is 138 cm³/mol. The van der Waals surface area contributed by atoms with Gasteiger partial charge in [0.2, 0.25) is 0 Å². The van der Waals surface area contributed by atoms with Gasteiger partial charge in [-0.05, 0) is 77.5 Å². The van der Waals surface area contributed by atoms with Gasteiger partial charge in [0.05, 0.1) is 0 Å². The predicted octanol–water partition coefficient (Wildman–Crippen LogP) is 4.53. The normalized spacial score (nSPS) is 10.2. The van der Waals surface area contributed by atoms with Crippen LogP contribution in [0.4, 0.5) is 0 Å². The fourth-order valence-electron chi connectivity index (χ4n) is 1.93. The van der Waals surface area contributed by atoms with E-state index in [1.54, 1.807) is 0 Å². The lowest BCUT2D eigenvalue weighted by molar-refractivity contribution is 0.488. The second kappa shape index (κ2) is 36.6. The SMILES string of the molecule is Br.Br.Br.Br.C.CCNCCCNCCCNCCCNC[C@H](C)CC. The molecule has 0 amide bonds. The van der Waals surface area contributed by atoms with Crippen molar-refractivity contribution in [1.82, 2.24) is 21.3 Å². The lowest BCUT2D eigenvalue weighted by atomic mass is 10.1. The first-order valence-corrected chi connectivity index (χ1v) is 8.64. The molecule has 0 unspecified atom stereocenters. The number of hydrogen-bond donors (Lipinski definition) is 4. The van der Waals surface area contributed by atoms with Crippen molar-refractivity contribution >= 4 is 67.9 Å². The van der Waals surface area contributed by atoms with Crippen LogP contribution < -0.4 is 21.3 Å². The molecule has 0 radical (unpaired) electrons. The maximum atomic E-state index is 3.51. The molecule has 0 aliphatic heterocycles. The van der Waals surface area contributed by atoms with Crippen molar-refractivity contribution in [3.8, 4) is 0 Å². The quantitative estimate of drug-likeness (QED) is 0.191.